The molecule has 0 aliphatic carbocycles. The minimum absolute atomic E-state index is 0.680. The van der Waals surface area contributed by atoms with Crippen LogP contribution in [0.5, 0.6) is 5.75 Å². The molecule has 0 aliphatic heterocycles. The molecule has 1 unspecified atom stereocenters. The zero-order valence-corrected chi connectivity index (χ0v) is 17.9. The van der Waals surface area contributed by atoms with E-state index in [1.165, 1.54) is 56.9 Å². The van der Waals surface area contributed by atoms with Crippen LogP contribution < -0.4 is 4.74 Å². The predicted octanol–water partition coefficient (Wildman–Crippen LogP) is 8.38. The predicted molar refractivity (Wildman–Crippen MR) is 114 cm³/mol. The van der Waals surface area contributed by atoms with Gasteiger partial charge in [-0.15, -0.1) is 0 Å². The summed E-state index contributed by atoms with van der Waals surface area (Å²) >= 11 is 0. The normalized spacial score (nSPS) is 11.8. The van der Waals surface area contributed by atoms with Crippen molar-refractivity contribution in [1.82, 2.24) is 0 Å². The quantitative estimate of drug-likeness (QED) is 0.345. The minimum atomic E-state index is 0.680. The second-order valence-electron chi connectivity index (χ2n) is 7.47. The molecule has 1 nitrogen and oxygen atoms in total. The SMILES string of the molecule is CCCCCCC.CCCCOc1ccc(C(CCC)C(C)C)cc1. The first kappa shape index (κ1) is 24.0. The monoisotopic (exact) mass is 348 g/mol. The lowest BCUT2D eigenvalue weighted by Crippen LogP contribution is -2.06. The van der Waals surface area contributed by atoms with Crippen LogP contribution in [0.25, 0.3) is 0 Å². The zero-order chi connectivity index (χ0) is 18.9. The largest absolute Gasteiger partial charge is 0.494 e. The third-order valence-electron chi connectivity index (χ3n) is 4.69. The molecule has 1 rings (SSSR count). The van der Waals surface area contributed by atoms with Crippen LogP contribution in [-0.2, 0) is 0 Å². The minimum Gasteiger partial charge on any atom is -0.494 e. The van der Waals surface area contributed by atoms with Crippen molar-refractivity contribution in [2.75, 3.05) is 6.61 Å². The summed E-state index contributed by atoms with van der Waals surface area (Å²) in [5, 5.41) is 0. The Hall–Kier alpha value is -0.980. The fourth-order valence-corrected chi connectivity index (χ4v) is 3.02. The van der Waals surface area contributed by atoms with E-state index in [1.54, 1.807) is 0 Å². The first-order valence-corrected chi connectivity index (χ1v) is 10.8. The Morgan fingerprint density at radius 2 is 1.28 bits per heavy atom. The summed E-state index contributed by atoms with van der Waals surface area (Å²) < 4.78 is 5.70. The smallest absolute Gasteiger partial charge is 0.119 e. The van der Waals surface area contributed by atoms with Crippen LogP contribution >= 0.6 is 0 Å². The summed E-state index contributed by atoms with van der Waals surface area (Å²) in [6, 6.07) is 8.72. The number of rotatable bonds is 12. The van der Waals surface area contributed by atoms with E-state index in [-0.39, 0.29) is 0 Å². The van der Waals surface area contributed by atoms with E-state index in [2.05, 4.69) is 65.8 Å². The van der Waals surface area contributed by atoms with Crippen molar-refractivity contribution < 1.29 is 4.74 Å². The molecule has 1 heteroatoms. The second-order valence-corrected chi connectivity index (χ2v) is 7.47. The third kappa shape index (κ3) is 12.1. The highest BCUT2D eigenvalue weighted by molar-refractivity contribution is 5.29. The van der Waals surface area contributed by atoms with Crippen molar-refractivity contribution in [3.05, 3.63) is 29.8 Å². The molecule has 0 spiro atoms. The Morgan fingerprint density at radius 1 is 0.720 bits per heavy atom. The van der Waals surface area contributed by atoms with E-state index >= 15 is 0 Å². The molecule has 1 aromatic rings. The standard InChI is InChI=1S/C17H28O.C7H16/c1-5-7-13-18-16-11-9-15(10-12-16)17(8-6-2)14(3)4;1-3-5-7-6-4-2/h9-12,14,17H,5-8,13H2,1-4H3;3-7H2,1-2H3. The van der Waals surface area contributed by atoms with Crippen molar-refractivity contribution in [1.29, 1.82) is 0 Å². The molecule has 0 aromatic heterocycles. The van der Waals surface area contributed by atoms with Crippen LogP contribution in [0.1, 0.15) is 111 Å². The fourth-order valence-electron chi connectivity index (χ4n) is 3.02. The molecule has 25 heavy (non-hydrogen) atoms. The lowest BCUT2D eigenvalue weighted by molar-refractivity contribution is 0.309. The highest BCUT2D eigenvalue weighted by atomic mass is 16.5. The molecule has 0 saturated heterocycles. The lowest BCUT2D eigenvalue weighted by atomic mass is 9.85. The topological polar surface area (TPSA) is 9.23 Å². The maximum absolute atomic E-state index is 5.70. The van der Waals surface area contributed by atoms with E-state index in [4.69, 9.17) is 4.74 Å². The Bertz CT molecular complexity index is 376. The Morgan fingerprint density at radius 3 is 1.72 bits per heavy atom. The summed E-state index contributed by atoms with van der Waals surface area (Å²) in [5.41, 5.74) is 1.45. The third-order valence-corrected chi connectivity index (χ3v) is 4.69. The first-order chi connectivity index (χ1) is 12.1. The van der Waals surface area contributed by atoms with Crippen LogP contribution in [0.4, 0.5) is 0 Å². The van der Waals surface area contributed by atoms with Gasteiger partial charge in [0.25, 0.3) is 0 Å². The summed E-state index contributed by atoms with van der Waals surface area (Å²) in [7, 11) is 0. The molecule has 0 bridgehead atoms. The molecule has 1 atom stereocenters. The molecule has 0 fully saturated rings. The van der Waals surface area contributed by atoms with Gasteiger partial charge in [-0.2, -0.15) is 0 Å². The number of unbranched alkanes of at least 4 members (excludes halogenated alkanes) is 5. The molecule has 1 aromatic carbocycles. The molecule has 0 aliphatic rings. The Kier molecular flexibility index (Phi) is 15.8. The van der Waals surface area contributed by atoms with Crippen molar-refractivity contribution in [3.63, 3.8) is 0 Å². The van der Waals surface area contributed by atoms with Crippen molar-refractivity contribution >= 4 is 0 Å². The van der Waals surface area contributed by atoms with E-state index in [0.717, 1.165) is 18.8 Å². The van der Waals surface area contributed by atoms with E-state index in [0.29, 0.717) is 11.8 Å². The Balaban J connectivity index is 0.000000697. The summed E-state index contributed by atoms with van der Waals surface area (Å²) in [6.45, 7) is 14.4. The summed E-state index contributed by atoms with van der Waals surface area (Å²) in [5.74, 6) is 2.39. The van der Waals surface area contributed by atoms with Crippen LogP contribution in [0, 0.1) is 5.92 Å². The van der Waals surface area contributed by atoms with Gasteiger partial charge in [-0.25, -0.2) is 0 Å². The van der Waals surface area contributed by atoms with E-state index in [9.17, 15) is 0 Å². The molecule has 146 valence electrons. The molecular formula is C24H44O. The number of benzene rings is 1. The van der Waals surface area contributed by atoms with Gasteiger partial charge in [0, 0.05) is 0 Å². The van der Waals surface area contributed by atoms with Crippen LogP contribution in [0.3, 0.4) is 0 Å². The van der Waals surface area contributed by atoms with Gasteiger partial charge in [0.15, 0.2) is 0 Å². The van der Waals surface area contributed by atoms with Crippen LogP contribution in [0.15, 0.2) is 24.3 Å². The number of ether oxygens (including phenoxy) is 1. The molecule has 0 radical (unpaired) electrons. The van der Waals surface area contributed by atoms with Crippen molar-refractivity contribution in [2.45, 2.75) is 105 Å². The molecule has 0 heterocycles. The fraction of sp³-hybridized carbons (Fsp3) is 0.750. The second kappa shape index (κ2) is 16.5. The van der Waals surface area contributed by atoms with E-state index in [1.807, 2.05) is 0 Å². The van der Waals surface area contributed by atoms with Gasteiger partial charge >= 0.3 is 0 Å². The number of hydrogen-bond donors (Lipinski definition) is 0. The van der Waals surface area contributed by atoms with Crippen LogP contribution in [-0.4, -0.2) is 6.61 Å². The average molecular weight is 349 g/mol. The molecular weight excluding hydrogens is 304 g/mol. The highest BCUT2D eigenvalue weighted by Crippen LogP contribution is 2.30. The van der Waals surface area contributed by atoms with Gasteiger partial charge in [0.1, 0.15) is 5.75 Å². The van der Waals surface area contributed by atoms with Crippen LogP contribution in [0.2, 0.25) is 0 Å². The lowest BCUT2D eigenvalue weighted by Gasteiger charge is -2.21. The summed E-state index contributed by atoms with van der Waals surface area (Å²) in [6.07, 6.45) is 11.8. The van der Waals surface area contributed by atoms with Gasteiger partial charge < -0.3 is 4.74 Å². The average Bonchev–Trinajstić information content (AvgIpc) is 2.61. The van der Waals surface area contributed by atoms with Gasteiger partial charge in [-0.3, -0.25) is 0 Å². The van der Waals surface area contributed by atoms with Crippen molar-refractivity contribution in [2.24, 2.45) is 5.92 Å². The maximum atomic E-state index is 5.70. The number of hydrogen-bond acceptors (Lipinski definition) is 1. The van der Waals surface area contributed by atoms with Gasteiger partial charge in [0.05, 0.1) is 6.61 Å². The highest BCUT2D eigenvalue weighted by Gasteiger charge is 2.14. The maximum Gasteiger partial charge on any atom is 0.119 e. The Labute approximate surface area is 158 Å². The van der Waals surface area contributed by atoms with Gasteiger partial charge in [-0.1, -0.05) is 98.6 Å². The first-order valence-electron chi connectivity index (χ1n) is 10.8. The molecule has 0 amide bonds. The van der Waals surface area contributed by atoms with Gasteiger partial charge in [-0.05, 0) is 42.4 Å². The summed E-state index contributed by atoms with van der Waals surface area (Å²) in [4.78, 5) is 0. The molecule has 0 N–H and O–H groups in total. The van der Waals surface area contributed by atoms with Gasteiger partial charge in [0.2, 0.25) is 0 Å². The zero-order valence-electron chi connectivity index (χ0n) is 17.9. The van der Waals surface area contributed by atoms with Crippen molar-refractivity contribution in [3.8, 4) is 5.75 Å². The van der Waals surface area contributed by atoms with E-state index < -0.39 is 0 Å². The molecule has 0 saturated carbocycles.